The lowest BCUT2D eigenvalue weighted by Crippen LogP contribution is -2.47. The number of rotatable bonds is 3. The summed E-state index contributed by atoms with van der Waals surface area (Å²) in [4.78, 5) is 21.1. The average Bonchev–Trinajstić information content (AvgIpc) is 3.17. The Hall–Kier alpha value is -2.60. The van der Waals surface area contributed by atoms with Gasteiger partial charge in [-0.05, 0) is 56.2 Å². The van der Waals surface area contributed by atoms with Crippen LogP contribution in [0, 0.1) is 19.8 Å². The van der Waals surface area contributed by atoms with E-state index in [0.29, 0.717) is 5.92 Å². The third kappa shape index (κ3) is 3.02. The van der Waals surface area contributed by atoms with E-state index < -0.39 is 0 Å². The molecule has 3 aliphatic heterocycles. The van der Waals surface area contributed by atoms with Gasteiger partial charge in [-0.25, -0.2) is 0 Å². The SMILES string of the molecule is Cc1noc(C)c1CN1C[C@H]2CC[C@@H](C1)N(C(=O)c1ccc3cc[nH]c3c1)C2. The predicted octanol–water partition coefficient (Wildman–Crippen LogP) is 3.51. The van der Waals surface area contributed by atoms with Crippen LogP contribution >= 0.6 is 0 Å². The van der Waals surface area contributed by atoms with Crippen LogP contribution in [0.5, 0.6) is 0 Å². The maximum absolute atomic E-state index is 13.3. The molecule has 3 saturated heterocycles. The summed E-state index contributed by atoms with van der Waals surface area (Å²) in [6.45, 7) is 7.63. The molecule has 1 aromatic carbocycles. The van der Waals surface area contributed by atoms with E-state index in [2.05, 4.69) is 19.9 Å². The van der Waals surface area contributed by atoms with Crippen LogP contribution < -0.4 is 0 Å². The van der Waals surface area contributed by atoms with E-state index in [1.807, 2.05) is 44.3 Å². The highest BCUT2D eigenvalue weighted by Gasteiger charge is 2.37. The van der Waals surface area contributed by atoms with Crippen molar-refractivity contribution in [1.82, 2.24) is 19.9 Å². The summed E-state index contributed by atoms with van der Waals surface area (Å²) < 4.78 is 5.34. The number of hydrogen-bond acceptors (Lipinski definition) is 4. The molecule has 2 bridgehead atoms. The number of carbonyl (C=O) groups is 1. The number of carbonyl (C=O) groups excluding carboxylic acids is 1. The molecule has 3 aromatic rings. The van der Waals surface area contributed by atoms with Crippen molar-refractivity contribution in [2.24, 2.45) is 5.92 Å². The van der Waals surface area contributed by atoms with Gasteiger partial charge in [-0.3, -0.25) is 9.69 Å². The van der Waals surface area contributed by atoms with Gasteiger partial charge >= 0.3 is 0 Å². The summed E-state index contributed by atoms with van der Waals surface area (Å²) >= 11 is 0. The van der Waals surface area contributed by atoms with Gasteiger partial charge in [0.05, 0.1) is 5.69 Å². The van der Waals surface area contributed by atoms with Crippen molar-refractivity contribution in [3.63, 3.8) is 0 Å². The molecule has 0 spiro atoms. The van der Waals surface area contributed by atoms with Crippen LogP contribution in [0.15, 0.2) is 35.0 Å². The molecule has 146 valence electrons. The molecule has 3 fully saturated rings. The fraction of sp³-hybridized carbons (Fsp3) is 0.455. The van der Waals surface area contributed by atoms with Gasteiger partial charge in [0.2, 0.25) is 0 Å². The third-order valence-electron chi connectivity index (χ3n) is 6.41. The number of nitrogens with zero attached hydrogens (tertiary/aromatic N) is 3. The van der Waals surface area contributed by atoms with Crippen LogP contribution in [0.1, 0.15) is 40.2 Å². The predicted molar refractivity (Wildman–Crippen MR) is 107 cm³/mol. The van der Waals surface area contributed by atoms with Crippen molar-refractivity contribution in [3.05, 3.63) is 53.0 Å². The zero-order valence-electron chi connectivity index (χ0n) is 16.4. The second-order valence-corrected chi connectivity index (χ2v) is 8.33. The number of piperidine rings is 1. The fourth-order valence-electron chi connectivity index (χ4n) is 4.85. The van der Waals surface area contributed by atoms with Crippen molar-refractivity contribution in [2.45, 2.75) is 39.3 Å². The highest BCUT2D eigenvalue weighted by Crippen LogP contribution is 2.31. The smallest absolute Gasteiger partial charge is 0.254 e. The second kappa shape index (κ2) is 6.78. The Morgan fingerprint density at radius 2 is 2.11 bits per heavy atom. The van der Waals surface area contributed by atoms with Crippen LogP contribution in [0.3, 0.4) is 0 Å². The topological polar surface area (TPSA) is 65.4 Å². The molecular formula is C22H26N4O2. The number of hydrogen-bond donors (Lipinski definition) is 1. The molecule has 1 amide bonds. The Bertz CT molecular complexity index is 1000. The molecule has 6 heteroatoms. The number of aromatic amines is 1. The third-order valence-corrected chi connectivity index (χ3v) is 6.41. The molecule has 0 saturated carbocycles. The van der Waals surface area contributed by atoms with E-state index in [1.165, 1.54) is 12.0 Å². The highest BCUT2D eigenvalue weighted by molar-refractivity contribution is 5.98. The van der Waals surface area contributed by atoms with E-state index in [9.17, 15) is 4.79 Å². The van der Waals surface area contributed by atoms with Crippen molar-refractivity contribution >= 4 is 16.8 Å². The Labute approximate surface area is 164 Å². The fourth-order valence-corrected chi connectivity index (χ4v) is 4.85. The number of aryl methyl sites for hydroxylation is 2. The Morgan fingerprint density at radius 1 is 1.21 bits per heavy atom. The van der Waals surface area contributed by atoms with Crippen LogP contribution in [0.2, 0.25) is 0 Å². The molecule has 2 atom stereocenters. The zero-order valence-corrected chi connectivity index (χ0v) is 16.4. The number of aromatic nitrogens is 2. The average molecular weight is 378 g/mol. The minimum atomic E-state index is 0.158. The van der Waals surface area contributed by atoms with Gasteiger partial charge in [0.15, 0.2) is 0 Å². The van der Waals surface area contributed by atoms with Gasteiger partial charge in [0.1, 0.15) is 5.76 Å². The van der Waals surface area contributed by atoms with Crippen molar-refractivity contribution in [2.75, 3.05) is 19.6 Å². The summed E-state index contributed by atoms with van der Waals surface area (Å²) in [7, 11) is 0. The zero-order chi connectivity index (χ0) is 19.3. The minimum Gasteiger partial charge on any atom is -0.361 e. The van der Waals surface area contributed by atoms with Crippen molar-refractivity contribution < 1.29 is 9.32 Å². The molecule has 6 rings (SSSR count). The van der Waals surface area contributed by atoms with E-state index in [4.69, 9.17) is 4.52 Å². The standard InChI is InChI=1S/C22H26N4O2/c1-14-20(15(2)28-24-14)13-25-10-16-3-6-19(12-25)26(11-16)22(27)18-5-4-17-7-8-23-21(17)9-18/h4-5,7-9,16,19,23H,3,6,10-13H2,1-2H3/t16-,19+/m1/s1. The molecule has 6 nitrogen and oxygen atoms in total. The summed E-state index contributed by atoms with van der Waals surface area (Å²) in [5.41, 5.74) is 3.96. The molecule has 0 aliphatic carbocycles. The van der Waals surface area contributed by atoms with E-state index in [-0.39, 0.29) is 11.9 Å². The van der Waals surface area contributed by atoms with Gasteiger partial charge in [0, 0.05) is 55.1 Å². The lowest BCUT2D eigenvalue weighted by Gasteiger charge is -2.36. The lowest BCUT2D eigenvalue weighted by atomic mass is 9.94. The molecule has 28 heavy (non-hydrogen) atoms. The number of amides is 1. The van der Waals surface area contributed by atoms with Gasteiger partial charge < -0.3 is 14.4 Å². The Kier molecular flexibility index (Phi) is 4.23. The van der Waals surface area contributed by atoms with Gasteiger partial charge in [-0.1, -0.05) is 11.2 Å². The summed E-state index contributed by atoms with van der Waals surface area (Å²) in [6.07, 6.45) is 4.20. The largest absolute Gasteiger partial charge is 0.361 e. The molecule has 5 heterocycles. The molecule has 2 aromatic heterocycles. The Balaban J connectivity index is 1.36. The summed E-state index contributed by atoms with van der Waals surface area (Å²) in [5.74, 6) is 1.59. The first-order valence-corrected chi connectivity index (χ1v) is 10.1. The van der Waals surface area contributed by atoms with E-state index in [0.717, 1.165) is 60.5 Å². The van der Waals surface area contributed by atoms with Crippen molar-refractivity contribution in [1.29, 1.82) is 0 Å². The van der Waals surface area contributed by atoms with Gasteiger partial charge in [-0.15, -0.1) is 0 Å². The van der Waals surface area contributed by atoms with Crippen LogP contribution in [0.4, 0.5) is 0 Å². The van der Waals surface area contributed by atoms with Crippen LogP contribution in [0.25, 0.3) is 10.9 Å². The summed E-state index contributed by atoms with van der Waals surface area (Å²) in [5, 5.41) is 5.23. The second-order valence-electron chi connectivity index (χ2n) is 8.33. The maximum Gasteiger partial charge on any atom is 0.254 e. The monoisotopic (exact) mass is 378 g/mol. The molecule has 0 unspecified atom stereocenters. The van der Waals surface area contributed by atoms with Crippen LogP contribution in [-0.2, 0) is 6.54 Å². The maximum atomic E-state index is 13.3. The number of benzene rings is 1. The number of nitrogens with one attached hydrogen (secondary N) is 1. The van der Waals surface area contributed by atoms with Gasteiger partial charge in [0.25, 0.3) is 5.91 Å². The highest BCUT2D eigenvalue weighted by atomic mass is 16.5. The van der Waals surface area contributed by atoms with Gasteiger partial charge in [-0.2, -0.15) is 0 Å². The minimum absolute atomic E-state index is 0.158. The quantitative estimate of drug-likeness (QED) is 0.757. The Morgan fingerprint density at radius 3 is 2.93 bits per heavy atom. The molecule has 0 radical (unpaired) electrons. The first-order valence-electron chi connectivity index (χ1n) is 10.1. The first-order chi connectivity index (χ1) is 13.6. The summed E-state index contributed by atoms with van der Waals surface area (Å²) in [6, 6.07) is 8.27. The molecule has 1 N–H and O–H groups in total. The normalized spacial score (nSPS) is 22.7. The van der Waals surface area contributed by atoms with E-state index >= 15 is 0 Å². The van der Waals surface area contributed by atoms with Crippen molar-refractivity contribution in [3.8, 4) is 0 Å². The molecular weight excluding hydrogens is 352 g/mol. The number of fused-ring (bicyclic) bond motifs is 5. The molecule has 3 aliphatic rings. The number of H-pyrrole nitrogens is 1. The van der Waals surface area contributed by atoms with E-state index in [1.54, 1.807) is 0 Å². The van der Waals surface area contributed by atoms with Crippen LogP contribution in [-0.4, -0.2) is 51.5 Å². The first kappa shape index (κ1) is 17.5. The lowest BCUT2D eigenvalue weighted by molar-refractivity contribution is 0.0585.